The number of para-hydroxylation sites is 2. The van der Waals surface area contributed by atoms with Crippen molar-refractivity contribution in [1.29, 1.82) is 0 Å². The maximum Gasteiger partial charge on any atom is 0.227 e. The molecule has 2 aliphatic heterocycles. The van der Waals surface area contributed by atoms with E-state index in [2.05, 4.69) is 34.2 Å². The van der Waals surface area contributed by atoms with Gasteiger partial charge in [0.05, 0.1) is 0 Å². The quantitative estimate of drug-likeness (QED) is 0.348. The first-order valence-electron chi connectivity index (χ1n) is 9.10. The molecule has 6 rings (SSSR count). The lowest BCUT2D eigenvalue weighted by Gasteiger charge is -2.28. The lowest BCUT2D eigenvalue weighted by molar-refractivity contribution is 0.452. The molecule has 0 bridgehead atoms. The van der Waals surface area contributed by atoms with Gasteiger partial charge in [-0.05, 0) is 36.4 Å². The van der Waals surface area contributed by atoms with Crippen LogP contribution in [0.5, 0.6) is 23.3 Å². The molecule has 4 heteroatoms. The molecule has 4 nitrogen and oxygen atoms in total. The predicted molar refractivity (Wildman–Crippen MR) is 107 cm³/mol. The summed E-state index contributed by atoms with van der Waals surface area (Å²) in [6, 6.07) is 24.1. The van der Waals surface area contributed by atoms with Crippen molar-refractivity contribution in [2.45, 2.75) is 0 Å². The van der Waals surface area contributed by atoms with E-state index in [9.17, 15) is 0 Å². The van der Waals surface area contributed by atoms with Crippen LogP contribution in [0.2, 0.25) is 0 Å². The van der Waals surface area contributed by atoms with Crippen LogP contribution >= 0.6 is 0 Å². The number of hydrogen-bond donors (Lipinski definition) is 0. The highest BCUT2D eigenvalue weighted by atomic mass is 16.5. The summed E-state index contributed by atoms with van der Waals surface area (Å²) >= 11 is 0. The molecule has 0 spiro atoms. The van der Waals surface area contributed by atoms with E-state index in [1.807, 2.05) is 48.5 Å². The fourth-order valence-corrected chi connectivity index (χ4v) is 3.89. The van der Waals surface area contributed by atoms with Crippen molar-refractivity contribution < 1.29 is 9.47 Å². The third-order valence-electron chi connectivity index (χ3n) is 5.06. The zero-order valence-electron chi connectivity index (χ0n) is 14.8. The van der Waals surface area contributed by atoms with Crippen LogP contribution < -0.4 is 9.47 Å². The van der Waals surface area contributed by atoms with Gasteiger partial charge in [-0.25, -0.2) is 9.97 Å². The minimum atomic E-state index is 0.609. The highest BCUT2D eigenvalue weighted by molar-refractivity contribution is 6.09. The van der Waals surface area contributed by atoms with Crippen LogP contribution in [-0.2, 0) is 0 Å². The standard InChI is InChI=1S/C24H14N2O2/c1-3-11-19-15(7-1)21(17-9-5-13-25-23(17)27-19)22-16-8-2-4-12-20(16)28-24-18(22)10-6-14-26-24/h1-14H/b22-21-. The van der Waals surface area contributed by atoms with Gasteiger partial charge in [0.2, 0.25) is 11.8 Å². The lowest BCUT2D eigenvalue weighted by Crippen LogP contribution is -2.10. The topological polar surface area (TPSA) is 44.2 Å². The summed E-state index contributed by atoms with van der Waals surface area (Å²) in [5.74, 6) is 2.81. The Morgan fingerprint density at radius 3 is 1.39 bits per heavy atom. The predicted octanol–water partition coefficient (Wildman–Crippen LogP) is 5.70. The number of nitrogens with zero attached hydrogens (tertiary/aromatic N) is 2. The second-order valence-electron chi connectivity index (χ2n) is 6.66. The van der Waals surface area contributed by atoms with E-state index in [0.29, 0.717) is 11.8 Å². The second-order valence-corrected chi connectivity index (χ2v) is 6.66. The molecule has 0 fully saturated rings. The van der Waals surface area contributed by atoms with E-state index in [1.54, 1.807) is 12.4 Å². The van der Waals surface area contributed by atoms with Crippen molar-refractivity contribution in [2.75, 3.05) is 0 Å². The molecule has 2 aromatic carbocycles. The van der Waals surface area contributed by atoms with Gasteiger partial charge in [0, 0.05) is 45.8 Å². The molecule has 0 unspecified atom stereocenters. The summed E-state index contributed by atoms with van der Waals surface area (Å²) < 4.78 is 12.2. The Bertz CT molecular complexity index is 1080. The molecule has 4 heterocycles. The SMILES string of the molecule is c1ccc2c(c1)Oc1ncccc1/C2=C1/c2ccccc2Oc2ncccc21. The first-order chi connectivity index (χ1) is 13.9. The highest BCUT2D eigenvalue weighted by Crippen LogP contribution is 2.51. The third kappa shape index (κ3) is 2.12. The summed E-state index contributed by atoms with van der Waals surface area (Å²) in [5, 5.41) is 0. The van der Waals surface area contributed by atoms with Gasteiger partial charge in [-0.1, -0.05) is 36.4 Å². The van der Waals surface area contributed by atoms with Gasteiger partial charge in [-0.15, -0.1) is 0 Å². The summed E-state index contributed by atoms with van der Waals surface area (Å²) in [5.41, 5.74) is 6.14. The first kappa shape index (κ1) is 15.2. The fourth-order valence-electron chi connectivity index (χ4n) is 3.89. The number of aromatic nitrogens is 2. The van der Waals surface area contributed by atoms with Crippen molar-refractivity contribution in [3.8, 4) is 23.3 Å². The van der Waals surface area contributed by atoms with Gasteiger partial charge < -0.3 is 9.47 Å². The molecule has 0 saturated heterocycles. The minimum absolute atomic E-state index is 0.609. The van der Waals surface area contributed by atoms with E-state index in [4.69, 9.17) is 9.47 Å². The van der Waals surface area contributed by atoms with Crippen molar-refractivity contribution in [1.82, 2.24) is 9.97 Å². The molecule has 28 heavy (non-hydrogen) atoms. The first-order valence-corrected chi connectivity index (χ1v) is 9.10. The number of pyridine rings is 2. The average Bonchev–Trinajstić information content (AvgIpc) is 2.76. The number of hydrogen-bond acceptors (Lipinski definition) is 4. The highest BCUT2D eigenvalue weighted by Gasteiger charge is 2.31. The number of rotatable bonds is 0. The van der Waals surface area contributed by atoms with Gasteiger partial charge in [0.25, 0.3) is 0 Å². The Morgan fingerprint density at radius 1 is 0.464 bits per heavy atom. The molecular weight excluding hydrogens is 348 g/mol. The largest absolute Gasteiger partial charge is 0.438 e. The Kier molecular flexibility index (Phi) is 3.14. The van der Waals surface area contributed by atoms with Gasteiger partial charge in [-0.3, -0.25) is 0 Å². The van der Waals surface area contributed by atoms with Gasteiger partial charge >= 0.3 is 0 Å². The molecule has 0 aliphatic carbocycles. The van der Waals surface area contributed by atoms with Crippen molar-refractivity contribution in [3.63, 3.8) is 0 Å². The lowest BCUT2D eigenvalue weighted by atomic mass is 9.84. The minimum Gasteiger partial charge on any atom is -0.438 e. The van der Waals surface area contributed by atoms with Crippen LogP contribution in [0.25, 0.3) is 11.1 Å². The van der Waals surface area contributed by atoms with Gasteiger partial charge in [0.15, 0.2) is 0 Å². The van der Waals surface area contributed by atoms with E-state index in [0.717, 1.165) is 44.9 Å². The number of benzene rings is 2. The third-order valence-corrected chi connectivity index (χ3v) is 5.06. The van der Waals surface area contributed by atoms with Crippen LogP contribution in [0.15, 0.2) is 85.2 Å². The summed E-state index contributed by atoms with van der Waals surface area (Å²) in [6.07, 6.45) is 3.50. The number of fused-ring (bicyclic) bond motifs is 4. The van der Waals surface area contributed by atoms with Crippen LogP contribution in [0, 0.1) is 0 Å². The van der Waals surface area contributed by atoms with E-state index < -0.39 is 0 Å². The molecule has 2 aliphatic rings. The number of ether oxygens (including phenoxy) is 2. The maximum absolute atomic E-state index is 6.08. The smallest absolute Gasteiger partial charge is 0.227 e. The second kappa shape index (κ2) is 5.79. The van der Waals surface area contributed by atoms with E-state index >= 15 is 0 Å². The van der Waals surface area contributed by atoms with Crippen LogP contribution in [0.3, 0.4) is 0 Å². The molecular formula is C24H14N2O2. The van der Waals surface area contributed by atoms with Crippen molar-refractivity contribution in [3.05, 3.63) is 107 Å². The normalized spacial score (nSPS) is 16.0. The summed E-state index contributed by atoms with van der Waals surface area (Å²) in [4.78, 5) is 8.94. The van der Waals surface area contributed by atoms with Crippen molar-refractivity contribution in [2.24, 2.45) is 0 Å². The maximum atomic E-state index is 6.08. The molecule has 2 aromatic heterocycles. The Labute approximate surface area is 161 Å². The molecule has 0 amide bonds. The zero-order chi connectivity index (χ0) is 18.5. The molecule has 4 aromatic rings. The van der Waals surface area contributed by atoms with Gasteiger partial charge in [-0.2, -0.15) is 0 Å². The van der Waals surface area contributed by atoms with Crippen LogP contribution in [-0.4, -0.2) is 9.97 Å². The zero-order valence-corrected chi connectivity index (χ0v) is 14.8. The van der Waals surface area contributed by atoms with E-state index in [-0.39, 0.29) is 0 Å². The fraction of sp³-hybridized carbons (Fsp3) is 0. The van der Waals surface area contributed by atoms with Gasteiger partial charge in [0.1, 0.15) is 11.5 Å². The summed E-state index contributed by atoms with van der Waals surface area (Å²) in [7, 11) is 0. The molecule has 0 atom stereocenters. The monoisotopic (exact) mass is 362 g/mol. The Morgan fingerprint density at radius 2 is 0.893 bits per heavy atom. The molecule has 0 saturated carbocycles. The Balaban J connectivity index is 1.80. The molecule has 0 N–H and O–H groups in total. The Hall–Kier alpha value is -3.92. The molecule has 0 radical (unpaired) electrons. The van der Waals surface area contributed by atoms with Crippen LogP contribution in [0.4, 0.5) is 0 Å². The summed E-state index contributed by atoms with van der Waals surface area (Å²) in [6.45, 7) is 0. The van der Waals surface area contributed by atoms with E-state index in [1.165, 1.54) is 0 Å². The average molecular weight is 362 g/mol. The van der Waals surface area contributed by atoms with Crippen molar-refractivity contribution >= 4 is 11.1 Å². The molecule has 132 valence electrons. The van der Waals surface area contributed by atoms with Crippen LogP contribution in [0.1, 0.15) is 22.3 Å².